The highest BCUT2D eigenvalue weighted by atomic mass is 32.1. The van der Waals surface area contributed by atoms with Crippen molar-refractivity contribution in [3.8, 4) is 5.00 Å². The van der Waals surface area contributed by atoms with Gasteiger partial charge < -0.3 is 4.57 Å². The van der Waals surface area contributed by atoms with Crippen molar-refractivity contribution in [2.24, 2.45) is 0 Å². The Bertz CT molecular complexity index is 727. The van der Waals surface area contributed by atoms with Gasteiger partial charge in [-0.25, -0.2) is 4.98 Å². The molecule has 0 radical (unpaired) electrons. The van der Waals surface area contributed by atoms with Crippen molar-refractivity contribution >= 4 is 33.7 Å². The van der Waals surface area contributed by atoms with E-state index in [1.165, 1.54) is 11.3 Å². The number of thiophene rings is 1. The third kappa shape index (κ3) is 2.28. The Morgan fingerprint density at radius 1 is 1.30 bits per heavy atom. The molecule has 0 aromatic carbocycles. The minimum atomic E-state index is -0.106. The van der Waals surface area contributed by atoms with Gasteiger partial charge in [0.2, 0.25) is 0 Å². The molecule has 3 rings (SSSR count). The number of anilines is 1. The van der Waals surface area contributed by atoms with Gasteiger partial charge in [0, 0.05) is 28.8 Å². The SMILES string of the molecule is Cc1sc(-n2cccc2)c(C(=O)Nc2nccs2)c1C. The first-order chi connectivity index (χ1) is 9.66. The molecule has 0 saturated heterocycles. The van der Waals surface area contributed by atoms with E-state index < -0.39 is 0 Å². The van der Waals surface area contributed by atoms with Gasteiger partial charge in [0.1, 0.15) is 5.00 Å². The first-order valence-corrected chi connectivity index (χ1v) is 7.80. The predicted molar refractivity (Wildman–Crippen MR) is 83.2 cm³/mol. The van der Waals surface area contributed by atoms with E-state index in [2.05, 4.69) is 10.3 Å². The lowest BCUT2D eigenvalue weighted by molar-refractivity contribution is 0.102. The van der Waals surface area contributed by atoms with Crippen LogP contribution in [0.2, 0.25) is 0 Å². The average molecular weight is 303 g/mol. The molecule has 102 valence electrons. The molecule has 3 aromatic rings. The van der Waals surface area contributed by atoms with Gasteiger partial charge in [-0.1, -0.05) is 0 Å². The minimum Gasteiger partial charge on any atom is -0.315 e. The molecule has 0 aliphatic carbocycles. The van der Waals surface area contributed by atoms with Crippen LogP contribution in [0.15, 0.2) is 36.1 Å². The van der Waals surface area contributed by atoms with Gasteiger partial charge in [0.25, 0.3) is 5.91 Å². The zero-order valence-corrected chi connectivity index (χ0v) is 12.7. The molecule has 0 fully saturated rings. The fraction of sp³-hybridized carbons (Fsp3) is 0.143. The van der Waals surface area contributed by atoms with Crippen LogP contribution in [0, 0.1) is 13.8 Å². The van der Waals surface area contributed by atoms with Crippen LogP contribution in [0.5, 0.6) is 0 Å². The van der Waals surface area contributed by atoms with E-state index in [1.54, 1.807) is 17.5 Å². The second-order valence-electron chi connectivity index (χ2n) is 4.35. The monoisotopic (exact) mass is 303 g/mol. The van der Waals surface area contributed by atoms with Crippen LogP contribution in [-0.4, -0.2) is 15.5 Å². The smallest absolute Gasteiger partial charge is 0.260 e. The van der Waals surface area contributed by atoms with Crippen LogP contribution < -0.4 is 5.32 Å². The number of thiazole rings is 1. The molecule has 0 unspecified atom stereocenters. The van der Waals surface area contributed by atoms with Crippen molar-refractivity contribution in [3.05, 3.63) is 52.1 Å². The largest absolute Gasteiger partial charge is 0.315 e. The third-order valence-corrected chi connectivity index (χ3v) is 4.99. The van der Waals surface area contributed by atoms with Crippen LogP contribution in [0.3, 0.4) is 0 Å². The van der Waals surface area contributed by atoms with E-state index in [-0.39, 0.29) is 5.91 Å². The molecule has 1 amide bonds. The van der Waals surface area contributed by atoms with Crippen LogP contribution >= 0.6 is 22.7 Å². The maximum atomic E-state index is 12.5. The van der Waals surface area contributed by atoms with Crippen LogP contribution in [0.25, 0.3) is 5.00 Å². The molecule has 20 heavy (non-hydrogen) atoms. The van der Waals surface area contributed by atoms with E-state index in [4.69, 9.17) is 0 Å². The van der Waals surface area contributed by atoms with Crippen LogP contribution in [0.1, 0.15) is 20.8 Å². The maximum Gasteiger partial charge on any atom is 0.260 e. The normalized spacial score (nSPS) is 10.7. The summed E-state index contributed by atoms with van der Waals surface area (Å²) in [5.41, 5.74) is 1.74. The first kappa shape index (κ1) is 13.1. The highest BCUT2D eigenvalue weighted by molar-refractivity contribution is 7.15. The molecule has 0 saturated carbocycles. The molecule has 0 atom stereocenters. The van der Waals surface area contributed by atoms with Gasteiger partial charge in [-0.05, 0) is 31.5 Å². The fourth-order valence-corrected chi connectivity index (χ4v) is 3.62. The summed E-state index contributed by atoms with van der Waals surface area (Å²) in [6.07, 6.45) is 5.58. The molecule has 3 aromatic heterocycles. The molecular formula is C14H13N3OS2. The van der Waals surface area contributed by atoms with E-state index in [0.717, 1.165) is 21.0 Å². The Labute approximate surface area is 124 Å². The Morgan fingerprint density at radius 2 is 2.05 bits per heavy atom. The summed E-state index contributed by atoms with van der Waals surface area (Å²) in [7, 11) is 0. The average Bonchev–Trinajstić information content (AvgIpc) is 3.12. The zero-order chi connectivity index (χ0) is 14.1. The summed E-state index contributed by atoms with van der Waals surface area (Å²) in [5, 5.41) is 6.26. The molecule has 0 aliphatic heterocycles. The summed E-state index contributed by atoms with van der Waals surface area (Å²) in [4.78, 5) is 17.8. The van der Waals surface area contributed by atoms with E-state index >= 15 is 0 Å². The number of amides is 1. The number of carbonyl (C=O) groups excluding carboxylic acids is 1. The fourth-order valence-electron chi connectivity index (χ4n) is 1.97. The quantitative estimate of drug-likeness (QED) is 0.798. The van der Waals surface area contributed by atoms with Crippen molar-refractivity contribution in [2.45, 2.75) is 13.8 Å². The lowest BCUT2D eigenvalue weighted by Gasteiger charge is -2.06. The number of aryl methyl sites for hydroxylation is 1. The van der Waals surface area contributed by atoms with E-state index in [0.29, 0.717) is 5.13 Å². The lowest BCUT2D eigenvalue weighted by Crippen LogP contribution is -2.14. The van der Waals surface area contributed by atoms with Gasteiger partial charge in [0.15, 0.2) is 5.13 Å². The Kier molecular flexibility index (Phi) is 3.42. The van der Waals surface area contributed by atoms with Crippen molar-refractivity contribution in [2.75, 3.05) is 5.32 Å². The molecule has 0 aliphatic rings. The van der Waals surface area contributed by atoms with Crippen molar-refractivity contribution in [1.82, 2.24) is 9.55 Å². The number of aromatic nitrogens is 2. The number of rotatable bonds is 3. The summed E-state index contributed by atoms with van der Waals surface area (Å²) in [5.74, 6) is -0.106. The molecule has 1 N–H and O–H groups in total. The number of carbonyl (C=O) groups is 1. The summed E-state index contributed by atoms with van der Waals surface area (Å²) < 4.78 is 1.97. The second-order valence-corrected chi connectivity index (χ2v) is 6.44. The molecule has 6 heteroatoms. The van der Waals surface area contributed by atoms with E-state index in [1.807, 2.05) is 48.3 Å². The summed E-state index contributed by atoms with van der Waals surface area (Å²) in [6, 6.07) is 3.90. The van der Waals surface area contributed by atoms with Gasteiger partial charge in [-0.3, -0.25) is 10.1 Å². The van der Waals surface area contributed by atoms with Gasteiger partial charge in [0.05, 0.1) is 5.56 Å². The van der Waals surface area contributed by atoms with Gasteiger partial charge >= 0.3 is 0 Å². The number of nitrogens with zero attached hydrogens (tertiary/aromatic N) is 2. The van der Waals surface area contributed by atoms with Crippen molar-refractivity contribution in [3.63, 3.8) is 0 Å². The minimum absolute atomic E-state index is 0.106. The zero-order valence-electron chi connectivity index (χ0n) is 11.1. The van der Waals surface area contributed by atoms with Gasteiger partial charge in [-0.2, -0.15) is 0 Å². The lowest BCUT2D eigenvalue weighted by atomic mass is 10.1. The number of hydrogen-bond donors (Lipinski definition) is 1. The first-order valence-electron chi connectivity index (χ1n) is 6.11. The topological polar surface area (TPSA) is 46.9 Å². The van der Waals surface area contributed by atoms with E-state index in [9.17, 15) is 4.79 Å². The Hall–Kier alpha value is -1.92. The highest BCUT2D eigenvalue weighted by Gasteiger charge is 2.21. The molecule has 3 heterocycles. The highest BCUT2D eigenvalue weighted by Crippen LogP contribution is 2.31. The van der Waals surface area contributed by atoms with Crippen molar-refractivity contribution in [1.29, 1.82) is 0 Å². The molecule has 4 nitrogen and oxygen atoms in total. The summed E-state index contributed by atoms with van der Waals surface area (Å²) >= 11 is 3.04. The maximum absolute atomic E-state index is 12.5. The molecule has 0 spiro atoms. The second kappa shape index (κ2) is 5.22. The predicted octanol–water partition coefficient (Wildman–Crippen LogP) is 3.86. The van der Waals surface area contributed by atoms with Crippen LogP contribution in [-0.2, 0) is 0 Å². The number of nitrogens with one attached hydrogen (secondary N) is 1. The van der Waals surface area contributed by atoms with Crippen molar-refractivity contribution < 1.29 is 4.79 Å². The van der Waals surface area contributed by atoms with Crippen LogP contribution in [0.4, 0.5) is 5.13 Å². The Morgan fingerprint density at radius 3 is 2.70 bits per heavy atom. The standard InChI is InChI=1S/C14H13N3OS2/c1-9-10(2)20-13(17-6-3-4-7-17)11(9)12(18)16-14-15-5-8-19-14/h3-8H,1-2H3,(H,15,16,18). The third-order valence-electron chi connectivity index (χ3n) is 3.09. The van der Waals surface area contributed by atoms with Gasteiger partial charge in [-0.15, -0.1) is 22.7 Å². The molecular weight excluding hydrogens is 290 g/mol. The summed E-state index contributed by atoms with van der Waals surface area (Å²) in [6.45, 7) is 4.02. The molecule has 0 bridgehead atoms. The number of hydrogen-bond acceptors (Lipinski definition) is 4. The Balaban J connectivity index is 2.02.